The first-order chi connectivity index (χ1) is 8.07. The van der Waals surface area contributed by atoms with Crippen LogP contribution < -0.4 is 0 Å². The molecule has 2 aromatic heterocycles. The van der Waals surface area contributed by atoms with Gasteiger partial charge in [-0.25, -0.2) is 0 Å². The molecule has 92 valence electrons. The molecule has 17 heavy (non-hydrogen) atoms. The van der Waals surface area contributed by atoms with Gasteiger partial charge in [0.1, 0.15) is 5.60 Å². The van der Waals surface area contributed by atoms with Crippen LogP contribution in [-0.4, -0.2) is 14.9 Å². The molecule has 0 aromatic carbocycles. The molecule has 1 atom stereocenters. The Kier molecular flexibility index (Phi) is 3.35. The first-order valence-electron chi connectivity index (χ1n) is 5.86. The number of aliphatic hydroxyl groups is 1. The lowest BCUT2D eigenvalue weighted by molar-refractivity contribution is 0.0947. The van der Waals surface area contributed by atoms with Crippen LogP contribution in [0, 0.1) is 6.92 Å². The lowest BCUT2D eigenvalue weighted by Gasteiger charge is -2.24. The highest BCUT2D eigenvalue weighted by Gasteiger charge is 2.31. The van der Waals surface area contributed by atoms with Gasteiger partial charge < -0.3 is 5.11 Å². The van der Waals surface area contributed by atoms with Gasteiger partial charge in [-0.3, -0.25) is 4.68 Å². The van der Waals surface area contributed by atoms with Crippen molar-refractivity contribution in [3.63, 3.8) is 0 Å². The van der Waals surface area contributed by atoms with Gasteiger partial charge in [-0.1, -0.05) is 6.92 Å². The number of rotatable bonds is 4. The van der Waals surface area contributed by atoms with Crippen molar-refractivity contribution >= 4 is 11.3 Å². The van der Waals surface area contributed by atoms with Crippen LogP contribution in [0.5, 0.6) is 0 Å². The largest absolute Gasteiger partial charge is 0.378 e. The van der Waals surface area contributed by atoms with E-state index >= 15 is 0 Å². The van der Waals surface area contributed by atoms with E-state index in [1.54, 1.807) is 17.5 Å². The molecule has 1 N–H and O–H groups in total. The molecule has 0 fully saturated rings. The van der Waals surface area contributed by atoms with Crippen LogP contribution >= 0.6 is 11.3 Å². The van der Waals surface area contributed by atoms with Crippen molar-refractivity contribution in [2.24, 2.45) is 0 Å². The third-order valence-electron chi connectivity index (χ3n) is 2.95. The molecule has 4 heteroatoms. The zero-order chi connectivity index (χ0) is 12.5. The maximum atomic E-state index is 10.8. The fourth-order valence-electron chi connectivity index (χ4n) is 2.12. The normalized spacial score (nSPS) is 14.8. The molecule has 0 radical (unpaired) electrons. The Bertz CT molecular complexity index is 499. The molecule has 0 bridgehead atoms. The summed E-state index contributed by atoms with van der Waals surface area (Å²) in [5.74, 6) is 0. The SMILES string of the molecule is CCCn1nccc1C(C)(O)c1sccc1C. The van der Waals surface area contributed by atoms with Crippen LogP contribution in [0.2, 0.25) is 0 Å². The number of aromatic nitrogens is 2. The summed E-state index contributed by atoms with van der Waals surface area (Å²) in [6, 6.07) is 3.93. The average Bonchev–Trinajstić information content (AvgIpc) is 2.87. The zero-order valence-electron chi connectivity index (χ0n) is 10.5. The molecule has 2 rings (SSSR count). The van der Waals surface area contributed by atoms with Gasteiger partial charge in [0, 0.05) is 17.6 Å². The number of nitrogens with zero attached hydrogens (tertiary/aromatic N) is 2. The van der Waals surface area contributed by atoms with Gasteiger partial charge in [0.2, 0.25) is 0 Å². The second-order valence-electron chi connectivity index (χ2n) is 4.44. The summed E-state index contributed by atoms with van der Waals surface area (Å²) >= 11 is 1.59. The molecular weight excluding hydrogens is 232 g/mol. The molecule has 0 spiro atoms. The number of hydrogen-bond acceptors (Lipinski definition) is 3. The topological polar surface area (TPSA) is 38.0 Å². The van der Waals surface area contributed by atoms with Crippen LogP contribution in [0.3, 0.4) is 0 Å². The number of hydrogen-bond donors (Lipinski definition) is 1. The lowest BCUT2D eigenvalue weighted by Crippen LogP contribution is -2.26. The van der Waals surface area contributed by atoms with Gasteiger partial charge in [0.15, 0.2) is 0 Å². The highest BCUT2D eigenvalue weighted by Crippen LogP contribution is 2.34. The summed E-state index contributed by atoms with van der Waals surface area (Å²) in [5, 5.41) is 17.1. The smallest absolute Gasteiger partial charge is 0.138 e. The Labute approximate surface area is 106 Å². The highest BCUT2D eigenvalue weighted by atomic mass is 32.1. The minimum absolute atomic E-state index is 0.836. The van der Waals surface area contributed by atoms with E-state index in [1.165, 1.54) is 0 Å². The Balaban J connectivity index is 2.44. The Morgan fingerprint density at radius 2 is 2.24 bits per heavy atom. The maximum absolute atomic E-state index is 10.8. The van der Waals surface area contributed by atoms with E-state index in [0.717, 1.165) is 29.1 Å². The third-order valence-corrected chi connectivity index (χ3v) is 4.18. The summed E-state index contributed by atoms with van der Waals surface area (Å²) in [7, 11) is 0. The molecule has 0 saturated heterocycles. The molecule has 0 aliphatic heterocycles. The molecule has 3 nitrogen and oxygen atoms in total. The van der Waals surface area contributed by atoms with E-state index in [0.29, 0.717) is 0 Å². The van der Waals surface area contributed by atoms with E-state index in [4.69, 9.17) is 0 Å². The van der Waals surface area contributed by atoms with Crippen LogP contribution in [0.1, 0.15) is 36.4 Å². The minimum atomic E-state index is -0.954. The summed E-state index contributed by atoms with van der Waals surface area (Å²) in [6.45, 7) is 6.81. The van der Waals surface area contributed by atoms with Gasteiger partial charge in [0.05, 0.1) is 5.69 Å². The van der Waals surface area contributed by atoms with Gasteiger partial charge >= 0.3 is 0 Å². The van der Waals surface area contributed by atoms with E-state index < -0.39 is 5.60 Å². The van der Waals surface area contributed by atoms with Crippen molar-refractivity contribution in [3.8, 4) is 0 Å². The third kappa shape index (κ3) is 2.15. The van der Waals surface area contributed by atoms with Crippen molar-refractivity contribution in [2.75, 3.05) is 0 Å². The molecule has 2 heterocycles. The molecule has 2 aromatic rings. The minimum Gasteiger partial charge on any atom is -0.378 e. The van der Waals surface area contributed by atoms with Gasteiger partial charge in [-0.05, 0) is 43.3 Å². The molecule has 0 aliphatic rings. The Morgan fingerprint density at radius 3 is 2.82 bits per heavy atom. The predicted molar refractivity (Wildman–Crippen MR) is 70.2 cm³/mol. The number of thiophene rings is 1. The molecule has 0 saturated carbocycles. The molecule has 0 amide bonds. The summed E-state index contributed by atoms with van der Waals surface area (Å²) in [4.78, 5) is 0.996. The number of aryl methyl sites for hydroxylation is 2. The van der Waals surface area contributed by atoms with Crippen molar-refractivity contribution in [1.29, 1.82) is 0 Å². The lowest BCUT2D eigenvalue weighted by atomic mass is 9.97. The summed E-state index contributed by atoms with van der Waals surface area (Å²) < 4.78 is 1.89. The van der Waals surface area contributed by atoms with Crippen molar-refractivity contribution < 1.29 is 5.11 Å². The van der Waals surface area contributed by atoms with E-state index in [9.17, 15) is 5.11 Å². The zero-order valence-corrected chi connectivity index (χ0v) is 11.3. The van der Waals surface area contributed by atoms with Crippen molar-refractivity contribution in [2.45, 2.75) is 39.3 Å². The Hall–Kier alpha value is -1.13. The van der Waals surface area contributed by atoms with Gasteiger partial charge in [-0.2, -0.15) is 5.10 Å². The van der Waals surface area contributed by atoms with Crippen LogP contribution in [0.4, 0.5) is 0 Å². The summed E-state index contributed by atoms with van der Waals surface area (Å²) in [5.41, 5.74) is 1.04. The molecular formula is C13H18N2OS. The van der Waals surface area contributed by atoms with Crippen LogP contribution in [0.25, 0.3) is 0 Å². The average molecular weight is 250 g/mol. The highest BCUT2D eigenvalue weighted by molar-refractivity contribution is 7.10. The van der Waals surface area contributed by atoms with E-state index in [2.05, 4.69) is 12.0 Å². The first-order valence-corrected chi connectivity index (χ1v) is 6.74. The van der Waals surface area contributed by atoms with Gasteiger partial charge in [0.25, 0.3) is 0 Å². The predicted octanol–water partition coefficient (Wildman–Crippen LogP) is 2.92. The second kappa shape index (κ2) is 4.63. The maximum Gasteiger partial charge on any atom is 0.138 e. The summed E-state index contributed by atoms with van der Waals surface area (Å²) in [6.07, 6.45) is 2.76. The van der Waals surface area contributed by atoms with E-state index in [-0.39, 0.29) is 0 Å². The standard InChI is InChI=1S/C13H18N2OS/c1-4-8-15-11(5-7-14-15)13(3,16)12-10(2)6-9-17-12/h5-7,9,16H,4,8H2,1-3H3. The van der Waals surface area contributed by atoms with Crippen molar-refractivity contribution in [3.05, 3.63) is 39.8 Å². The monoisotopic (exact) mass is 250 g/mol. The van der Waals surface area contributed by atoms with Crippen molar-refractivity contribution in [1.82, 2.24) is 9.78 Å². The fraction of sp³-hybridized carbons (Fsp3) is 0.462. The quantitative estimate of drug-likeness (QED) is 0.906. The van der Waals surface area contributed by atoms with E-state index in [1.807, 2.05) is 36.0 Å². The second-order valence-corrected chi connectivity index (χ2v) is 5.36. The van der Waals surface area contributed by atoms with Crippen LogP contribution in [-0.2, 0) is 12.1 Å². The molecule has 1 unspecified atom stereocenters. The van der Waals surface area contributed by atoms with Crippen LogP contribution in [0.15, 0.2) is 23.7 Å². The first kappa shape index (κ1) is 12.3. The van der Waals surface area contributed by atoms with Gasteiger partial charge in [-0.15, -0.1) is 11.3 Å². The Morgan fingerprint density at radius 1 is 1.47 bits per heavy atom. The fourth-order valence-corrected chi connectivity index (χ4v) is 3.12. The molecule has 0 aliphatic carbocycles.